The van der Waals surface area contributed by atoms with Gasteiger partial charge in [0.25, 0.3) is 0 Å². The summed E-state index contributed by atoms with van der Waals surface area (Å²) in [6.45, 7) is 0. The van der Waals surface area contributed by atoms with Gasteiger partial charge in [-0.1, -0.05) is 107 Å². The maximum atomic E-state index is 6.32. The molecule has 0 aromatic heterocycles. The van der Waals surface area contributed by atoms with Crippen LogP contribution in [0.3, 0.4) is 0 Å². The van der Waals surface area contributed by atoms with E-state index in [1.807, 2.05) is 0 Å². The second-order valence-electron chi connectivity index (χ2n) is 6.48. The Bertz CT molecular complexity index is 711. The molecule has 2 atom stereocenters. The lowest BCUT2D eigenvalue weighted by Crippen LogP contribution is -2.71. The third kappa shape index (κ3) is 3.01. The number of alkyl halides is 1. The van der Waals surface area contributed by atoms with Gasteiger partial charge in [-0.2, -0.15) is 0 Å². The normalized spacial score (nSPS) is 19.6. The molecule has 3 aromatic carbocycles. The van der Waals surface area contributed by atoms with Crippen LogP contribution in [0.2, 0.25) is 0 Å². The predicted octanol–water partition coefficient (Wildman–Crippen LogP) is 3.25. The zero-order chi connectivity index (χ0) is 17.1. The Kier molecular flexibility index (Phi) is 4.88. The summed E-state index contributed by atoms with van der Waals surface area (Å²) in [7, 11) is -2.23. The van der Waals surface area contributed by atoms with Crippen molar-refractivity contribution in [2.45, 2.75) is 18.3 Å². The molecule has 3 aromatic rings. The van der Waals surface area contributed by atoms with Gasteiger partial charge < -0.3 is 4.74 Å². The van der Waals surface area contributed by atoms with Gasteiger partial charge >= 0.3 is 0 Å². The number of epoxide rings is 1. The summed E-state index contributed by atoms with van der Waals surface area (Å²) < 4.78 is 6.32. The van der Waals surface area contributed by atoms with E-state index in [1.54, 1.807) is 0 Å². The Hall–Kier alpha value is -1.68. The Morgan fingerprint density at radius 3 is 1.44 bits per heavy atom. The molecule has 25 heavy (non-hydrogen) atoms. The van der Waals surface area contributed by atoms with Crippen LogP contribution in [0.25, 0.3) is 0 Å². The van der Waals surface area contributed by atoms with E-state index in [0.29, 0.717) is 6.10 Å². The molecule has 3 heteroatoms. The van der Waals surface area contributed by atoms with E-state index < -0.39 is 8.07 Å². The van der Waals surface area contributed by atoms with E-state index >= 15 is 0 Å². The first-order valence-electron chi connectivity index (χ1n) is 8.75. The molecule has 0 spiro atoms. The molecular weight excluding hydrogens is 388 g/mol. The van der Waals surface area contributed by atoms with Crippen molar-refractivity contribution >= 4 is 39.6 Å². The fourth-order valence-corrected chi connectivity index (χ4v) is 9.64. The molecule has 126 valence electrons. The fourth-order valence-electron chi connectivity index (χ4n) is 3.95. The minimum atomic E-state index is -2.23. The fraction of sp³-hybridized carbons (Fsp3) is 0.182. The Morgan fingerprint density at radius 1 is 0.680 bits per heavy atom. The van der Waals surface area contributed by atoms with Crippen LogP contribution in [0.1, 0.15) is 6.42 Å². The maximum absolute atomic E-state index is 6.32. The lowest BCUT2D eigenvalue weighted by molar-refractivity contribution is 0.393. The van der Waals surface area contributed by atoms with Crippen molar-refractivity contribution in [1.29, 1.82) is 0 Å². The second kappa shape index (κ2) is 7.28. The van der Waals surface area contributed by atoms with Crippen LogP contribution in [0.5, 0.6) is 0 Å². The molecule has 0 unspecified atom stereocenters. The molecule has 0 N–H and O–H groups in total. The van der Waals surface area contributed by atoms with Crippen molar-refractivity contribution in [1.82, 2.24) is 0 Å². The lowest BCUT2D eigenvalue weighted by Gasteiger charge is -2.32. The monoisotopic (exact) mass is 408 g/mol. The van der Waals surface area contributed by atoms with Gasteiger partial charge in [-0.15, -0.1) is 0 Å². The topological polar surface area (TPSA) is 12.5 Å². The first-order chi connectivity index (χ1) is 12.4. The highest BCUT2D eigenvalue weighted by Gasteiger charge is 2.58. The van der Waals surface area contributed by atoms with E-state index in [2.05, 4.69) is 107 Å². The SMILES string of the molecule is BrCC[C@H]1O[C@@H]1[Si](c1ccccc1)(c1ccccc1)c1ccccc1. The van der Waals surface area contributed by atoms with Crippen LogP contribution in [-0.4, -0.2) is 25.2 Å². The summed E-state index contributed by atoms with van der Waals surface area (Å²) in [5.41, 5.74) is 0.289. The standard InChI is InChI=1S/C22H21BrOSi/c23-17-16-21-22(24-21)25(18-10-4-1-5-11-18,19-12-6-2-7-13-19)20-14-8-3-9-15-20/h1-15,21-22H,16-17H2/t21-,22-/m1/s1. The highest BCUT2D eigenvalue weighted by atomic mass is 79.9. The van der Waals surface area contributed by atoms with E-state index in [0.717, 1.165) is 11.8 Å². The second-order valence-corrected chi connectivity index (χ2v) is 11.2. The molecule has 1 saturated heterocycles. The highest BCUT2D eigenvalue weighted by Crippen LogP contribution is 2.34. The molecule has 1 fully saturated rings. The predicted molar refractivity (Wildman–Crippen MR) is 111 cm³/mol. The highest BCUT2D eigenvalue weighted by molar-refractivity contribution is 9.09. The molecule has 0 saturated carbocycles. The lowest BCUT2D eigenvalue weighted by atomic mass is 10.3. The molecule has 0 bridgehead atoms. The summed E-state index contributed by atoms with van der Waals surface area (Å²) in [5, 5.41) is 5.26. The van der Waals surface area contributed by atoms with Gasteiger partial charge in [0.15, 0.2) is 8.07 Å². The number of hydrogen-bond acceptors (Lipinski definition) is 1. The summed E-state index contributed by atoms with van der Waals surface area (Å²) in [6.07, 6.45) is 1.40. The summed E-state index contributed by atoms with van der Waals surface area (Å²) in [4.78, 5) is 0. The summed E-state index contributed by atoms with van der Waals surface area (Å²) in [5.74, 6) is 0. The van der Waals surface area contributed by atoms with Gasteiger partial charge in [0, 0.05) is 5.33 Å². The van der Waals surface area contributed by atoms with Gasteiger partial charge in [0.2, 0.25) is 0 Å². The van der Waals surface area contributed by atoms with Crippen molar-refractivity contribution in [2.24, 2.45) is 0 Å². The summed E-state index contributed by atoms with van der Waals surface area (Å²) >= 11 is 3.59. The van der Waals surface area contributed by atoms with Crippen LogP contribution in [-0.2, 0) is 4.74 Å². The van der Waals surface area contributed by atoms with Crippen molar-refractivity contribution in [3.8, 4) is 0 Å². The van der Waals surface area contributed by atoms with Gasteiger partial charge in [0.1, 0.15) is 0 Å². The minimum absolute atomic E-state index is 0.289. The van der Waals surface area contributed by atoms with Crippen molar-refractivity contribution in [2.75, 3.05) is 5.33 Å². The molecule has 0 amide bonds. The number of rotatable bonds is 6. The molecule has 4 rings (SSSR count). The zero-order valence-electron chi connectivity index (χ0n) is 14.0. The first-order valence-corrected chi connectivity index (χ1v) is 11.9. The van der Waals surface area contributed by atoms with Crippen molar-refractivity contribution in [3.63, 3.8) is 0 Å². The molecule has 1 aliphatic rings. The minimum Gasteiger partial charge on any atom is -0.372 e. The molecule has 1 nitrogen and oxygen atoms in total. The Morgan fingerprint density at radius 2 is 1.08 bits per heavy atom. The average molecular weight is 409 g/mol. The van der Waals surface area contributed by atoms with Gasteiger partial charge in [0.05, 0.1) is 11.8 Å². The Labute approximate surface area is 158 Å². The number of halogens is 1. The van der Waals surface area contributed by atoms with E-state index in [4.69, 9.17) is 4.74 Å². The van der Waals surface area contributed by atoms with Crippen LogP contribution in [0, 0.1) is 0 Å². The molecule has 1 aliphatic heterocycles. The van der Waals surface area contributed by atoms with Crippen molar-refractivity contribution < 1.29 is 4.74 Å². The Balaban J connectivity index is 1.96. The third-order valence-electron chi connectivity index (χ3n) is 5.09. The third-order valence-corrected chi connectivity index (χ3v) is 10.6. The maximum Gasteiger partial charge on any atom is 0.182 e. The molecule has 0 aliphatic carbocycles. The van der Waals surface area contributed by atoms with Crippen LogP contribution in [0.4, 0.5) is 0 Å². The van der Waals surface area contributed by atoms with Crippen LogP contribution in [0.15, 0.2) is 91.0 Å². The van der Waals surface area contributed by atoms with Gasteiger partial charge in [-0.25, -0.2) is 0 Å². The average Bonchev–Trinajstić information content (AvgIpc) is 3.45. The molecular formula is C22H21BrOSi. The summed E-state index contributed by atoms with van der Waals surface area (Å²) in [6, 6.07) is 33.0. The van der Waals surface area contributed by atoms with Crippen LogP contribution < -0.4 is 15.6 Å². The van der Waals surface area contributed by atoms with Crippen LogP contribution >= 0.6 is 15.9 Å². The van der Waals surface area contributed by atoms with Crippen molar-refractivity contribution in [3.05, 3.63) is 91.0 Å². The largest absolute Gasteiger partial charge is 0.372 e. The number of ether oxygens (including phenoxy) is 1. The molecule has 0 radical (unpaired) electrons. The quantitative estimate of drug-likeness (QED) is 0.264. The first kappa shape index (κ1) is 16.8. The zero-order valence-corrected chi connectivity index (χ0v) is 16.6. The van der Waals surface area contributed by atoms with E-state index in [9.17, 15) is 0 Å². The smallest absolute Gasteiger partial charge is 0.182 e. The number of benzene rings is 3. The van der Waals surface area contributed by atoms with E-state index in [-0.39, 0.29) is 5.73 Å². The molecule has 1 heterocycles. The van der Waals surface area contributed by atoms with Gasteiger partial charge in [-0.05, 0) is 22.0 Å². The number of hydrogen-bond donors (Lipinski definition) is 0. The van der Waals surface area contributed by atoms with Gasteiger partial charge in [-0.3, -0.25) is 0 Å². The van der Waals surface area contributed by atoms with E-state index in [1.165, 1.54) is 15.6 Å².